The van der Waals surface area contributed by atoms with Crippen LogP contribution in [0.4, 0.5) is 0 Å². The Balaban J connectivity index is 2.84. The van der Waals surface area contributed by atoms with E-state index in [4.69, 9.17) is 0 Å². The summed E-state index contributed by atoms with van der Waals surface area (Å²) in [6.07, 6.45) is 16.3. The minimum absolute atomic E-state index is 0.0264. The molecule has 1 atom stereocenters. The summed E-state index contributed by atoms with van der Waals surface area (Å²) in [5.74, 6) is 0.510. The molecular weight excluding hydrogens is 300 g/mol. The van der Waals surface area contributed by atoms with Crippen molar-refractivity contribution >= 4 is 0 Å². The van der Waals surface area contributed by atoms with E-state index in [0.717, 1.165) is 38.5 Å². The fourth-order valence-corrected chi connectivity index (χ4v) is 5.32. The Hall–Kier alpha value is -2.08. The molecule has 0 heteroatoms. The van der Waals surface area contributed by atoms with E-state index in [0.29, 0.717) is 5.92 Å². The van der Waals surface area contributed by atoms with Gasteiger partial charge in [-0.1, -0.05) is 54.6 Å². The summed E-state index contributed by atoms with van der Waals surface area (Å²) in [4.78, 5) is 0. The predicted molar refractivity (Wildman–Crippen MR) is 112 cm³/mol. The monoisotopic (exact) mass is 332 g/mol. The lowest BCUT2D eigenvalue weighted by Gasteiger charge is -2.58. The highest BCUT2D eigenvalue weighted by molar-refractivity contribution is 5.43. The number of hydrogen-bond acceptors (Lipinski definition) is 0. The van der Waals surface area contributed by atoms with Crippen molar-refractivity contribution in [2.45, 2.75) is 43.9 Å². The average molecular weight is 333 g/mol. The third kappa shape index (κ3) is 3.11. The Morgan fingerprint density at radius 3 is 1.88 bits per heavy atom. The van der Waals surface area contributed by atoms with E-state index < -0.39 is 0 Å². The van der Waals surface area contributed by atoms with Gasteiger partial charge in [-0.25, -0.2) is 0 Å². The first-order chi connectivity index (χ1) is 12.2. The van der Waals surface area contributed by atoms with Gasteiger partial charge in [-0.3, -0.25) is 0 Å². The molecule has 1 aliphatic rings. The Morgan fingerprint density at radius 2 is 1.36 bits per heavy atom. The third-order valence-electron chi connectivity index (χ3n) is 6.19. The van der Waals surface area contributed by atoms with E-state index >= 15 is 0 Å². The Kier molecular flexibility index (Phi) is 6.42. The zero-order valence-corrected chi connectivity index (χ0v) is 15.6. The standard InChI is InChI=1S/C25H32/c1-6-13-22-20-21-14-11-12-15-23(21)25(18-9-4,19-10-5)24(22,16-7-2)17-8-3/h6-12,14-15,22H,1-5,13,16-20H2. The summed E-state index contributed by atoms with van der Waals surface area (Å²) in [6, 6.07) is 8.93. The summed E-state index contributed by atoms with van der Waals surface area (Å²) in [7, 11) is 0. The van der Waals surface area contributed by atoms with Gasteiger partial charge in [-0.05, 0) is 61.0 Å². The van der Waals surface area contributed by atoms with Crippen LogP contribution < -0.4 is 0 Å². The highest BCUT2D eigenvalue weighted by Gasteiger charge is 2.56. The van der Waals surface area contributed by atoms with Gasteiger partial charge in [0.15, 0.2) is 0 Å². The smallest absolute Gasteiger partial charge is 0.00895 e. The number of allylic oxidation sites excluding steroid dienone is 5. The van der Waals surface area contributed by atoms with Gasteiger partial charge in [0.05, 0.1) is 0 Å². The van der Waals surface area contributed by atoms with Crippen molar-refractivity contribution in [1.29, 1.82) is 0 Å². The highest BCUT2D eigenvalue weighted by atomic mass is 14.6. The first-order valence-corrected chi connectivity index (χ1v) is 9.28. The molecule has 0 nitrogen and oxygen atoms in total. The zero-order chi connectivity index (χ0) is 18.3. The van der Waals surface area contributed by atoms with E-state index in [1.807, 2.05) is 0 Å². The number of fused-ring (bicyclic) bond motifs is 1. The van der Waals surface area contributed by atoms with Crippen molar-refractivity contribution in [3.8, 4) is 0 Å². The van der Waals surface area contributed by atoms with E-state index in [9.17, 15) is 0 Å². The molecule has 1 unspecified atom stereocenters. The van der Waals surface area contributed by atoms with E-state index in [1.54, 1.807) is 0 Å². The summed E-state index contributed by atoms with van der Waals surface area (Å²) in [6.45, 7) is 20.5. The van der Waals surface area contributed by atoms with Gasteiger partial charge in [0.1, 0.15) is 0 Å². The number of rotatable bonds is 10. The second-order valence-corrected chi connectivity index (χ2v) is 7.29. The van der Waals surface area contributed by atoms with Crippen LogP contribution >= 0.6 is 0 Å². The van der Waals surface area contributed by atoms with Gasteiger partial charge in [0.2, 0.25) is 0 Å². The van der Waals surface area contributed by atoms with Crippen molar-refractivity contribution in [3.05, 3.63) is 98.7 Å². The molecule has 0 fully saturated rings. The molecule has 0 bridgehead atoms. The lowest BCUT2D eigenvalue weighted by molar-refractivity contribution is 0.0287. The molecule has 25 heavy (non-hydrogen) atoms. The van der Waals surface area contributed by atoms with Gasteiger partial charge in [-0.2, -0.15) is 0 Å². The van der Waals surface area contributed by atoms with Crippen LogP contribution in [0.3, 0.4) is 0 Å². The molecule has 0 spiro atoms. The van der Waals surface area contributed by atoms with E-state index in [-0.39, 0.29) is 10.8 Å². The highest BCUT2D eigenvalue weighted by Crippen LogP contribution is 2.61. The number of benzene rings is 1. The van der Waals surface area contributed by atoms with Crippen molar-refractivity contribution in [1.82, 2.24) is 0 Å². The molecule has 0 N–H and O–H groups in total. The first kappa shape index (κ1) is 19.2. The van der Waals surface area contributed by atoms with E-state index in [1.165, 1.54) is 11.1 Å². The van der Waals surface area contributed by atoms with Gasteiger partial charge in [0.25, 0.3) is 0 Å². The van der Waals surface area contributed by atoms with Gasteiger partial charge in [0, 0.05) is 5.41 Å². The maximum atomic E-state index is 4.11. The number of hydrogen-bond donors (Lipinski definition) is 0. The van der Waals surface area contributed by atoms with Crippen LogP contribution in [0.5, 0.6) is 0 Å². The fourth-order valence-electron chi connectivity index (χ4n) is 5.32. The molecule has 0 amide bonds. The first-order valence-electron chi connectivity index (χ1n) is 9.28. The molecule has 2 rings (SSSR count). The van der Waals surface area contributed by atoms with E-state index in [2.05, 4.69) is 87.5 Å². The molecule has 0 radical (unpaired) electrons. The normalized spacial score (nSPS) is 20.1. The van der Waals surface area contributed by atoms with Crippen molar-refractivity contribution in [2.24, 2.45) is 11.3 Å². The summed E-state index contributed by atoms with van der Waals surface area (Å²) < 4.78 is 0. The molecule has 0 aliphatic heterocycles. The van der Waals surface area contributed by atoms with Crippen LogP contribution in [0.2, 0.25) is 0 Å². The summed E-state index contributed by atoms with van der Waals surface area (Å²) in [5.41, 5.74) is 2.95. The molecule has 0 saturated heterocycles. The SMILES string of the molecule is C=CCC1Cc2ccccc2C(CC=C)(CC=C)C1(CC=C)CC=C. The maximum absolute atomic E-state index is 4.11. The topological polar surface area (TPSA) is 0 Å². The Labute approximate surface area is 154 Å². The molecule has 1 aromatic rings. The minimum atomic E-state index is -0.0264. The van der Waals surface area contributed by atoms with Crippen LogP contribution in [-0.4, -0.2) is 0 Å². The molecule has 1 aliphatic carbocycles. The lowest BCUT2D eigenvalue weighted by atomic mass is 9.45. The Bertz CT molecular complexity index is 626. The van der Waals surface area contributed by atoms with Crippen LogP contribution in [0.1, 0.15) is 43.2 Å². The van der Waals surface area contributed by atoms with Crippen LogP contribution in [0.15, 0.2) is 87.5 Å². The van der Waals surface area contributed by atoms with Crippen LogP contribution in [0.25, 0.3) is 0 Å². The molecular formula is C25H32. The lowest BCUT2D eigenvalue weighted by Crippen LogP contribution is -2.53. The second-order valence-electron chi connectivity index (χ2n) is 7.29. The van der Waals surface area contributed by atoms with Crippen molar-refractivity contribution < 1.29 is 0 Å². The second kappa shape index (κ2) is 8.34. The summed E-state index contributed by atoms with van der Waals surface area (Å²) in [5, 5.41) is 0. The van der Waals surface area contributed by atoms with Crippen molar-refractivity contribution in [2.75, 3.05) is 0 Å². The summed E-state index contributed by atoms with van der Waals surface area (Å²) >= 11 is 0. The van der Waals surface area contributed by atoms with Crippen molar-refractivity contribution in [3.63, 3.8) is 0 Å². The predicted octanol–water partition coefficient (Wildman–Crippen LogP) is 6.96. The maximum Gasteiger partial charge on any atom is 0.00895 e. The minimum Gasteiger partial charge on any atom is -0.103 e. The molecule has 0 aromatic heterocycles. The van der Waals surface area contributed by atoms with Gasteiger partial charge >= 0.3 is 0 Å². The molecule has 0 saturated carbocycles. The van der Waals surface area contributed by atoms with Crippen LogP contribution in [-0.2, 0) is 11.8 Å². The molecule has 1 aromatic carbocycles. The zero-order valence-electron chi connectivity index (χ0n) is 15.6. The fraction of sp³-hybridized carbons (Fsp3) is 0.360. The van der Waals surface area contributed by atoms with Gasteiger partial charge in [-0.15, -0.1) is 32.9 Å². The quantitative estimate of drug-likeness (QED) is 0.406. The largest absolute Gasteiger partial charge is 0.103 e. The van der Waals surface area contributed by atoms with Gasteiger partial charge < -0.3 is 0 Å². The Morgan fingerprint density at radius 1 is 0.800 bits per heavy atom. The average Bonchev–Trinajstić information content (AvgIpc) is 2.60. The molecule has 0 heterocycles. The van der Waals surface area contributed by atoms with Crippen LogP contribution in [0, 0.1) is 11.3 Å². The molecule has 132 valence electrons. The third-order valence-corrected chi connectivity index (χ3v) is 6.19.